The zero-order valence-electron chi connectivity index (χ0n) is 14.1. The molecule has 1 aromatic heterocycles. The first-order valence-electron chi connectivity index (χ1n) is 7.44. The molecule has 0 aliphatic rings. The summed E-state index contributed by atoms with van der Waals surface area (Å²) in [6.45, 7) is 5.55. The number of amides is 3. The van der Waals surface area contributed by atoms with E-state index in [1.54, 1.807) is 6.07 Å². The van der Waals surface area contributed by atoms with Gasteiger partial charge in [-0.05, 0) is 45.0 Å². The second-order valence-electron chi connectivity index (χ2n) is 5.47. The maximum Gasteiger partial charge on any atom is 0.319 e. The summed E-state index contributed by atoms with van der Waals surface area (Å²) in [6, 6.07) is 5.79. The van der Waals surface area contributed by atoms with Crippen LogP contribution in [0.1, 0.15) is 40.4 Å². The number of hydrogen-bond donors (Lipinski definition) is 3. The van der Waals surface area contributed by atoms with E-state index in [2.05, 4.69) is 10.6 Å². The summed E-state index contributed by atoms with van der Waals surface area (Å²) in [5, 5.41) is 5.49. The van der Waals surface area contributed by atoms with Crippen molar-refractivity contribution in [3.05, 3.63) is 46.9 Å². The Hall–Kier alpha value is -2.96. The van der Waals surface area contributed by atoms with E-state index in [9.17, 15) is 9.59 Å². The lowest BCUT2D eigenvalue weighted by atomic mass is 10.1. The molecule has 24 heavy (non-hydrogen) atoms. The van der Waals surface area contributed by atoms with Crippen LogP contribution < -0.4 is 21.1 Å². The van der Waals surface area contributed by atoms with Crippen molar-refractivity contribution < 1.29 is 18.7 Å². The highest BCUT2D eigenvalue weighted by molar-refractivity contribution is 5.97. The van der Waals surface area contributed by atoms with E-state index in [0.717, 1.165) is 17.1 Å². The molecule has 0 unspecified atom stereocenters. The van der Waals surface area contributed by atoms with Gasteiger partial charge in [-0.1, -0.05) is 0 Å². The number of carbonyl (C=O) groups is 2. The van der Waals surface area contributed by atoms with Crippen LogP contribution in [0, 0.1) is 13.8 Å². The van der Waals surface area contributed by atoms with Gasteiger partial charge in [0.05, 0.1) is 18.8 Å². The van der Waals surface area contributed by atoms with E-state index < -0.39 is 11.9 Å². The highest BCUT2D eigenvalue weighted by atomic mass is 16.5. The van der Waals surface area contributed by atoms with E-state index in [0.29, 0.717) is 11.4 Å². The number of furan rings is 1. The third-order valence-electron chi connectivity index (χ3n) is 3.63. The highest BCUT2D eigenvalue weighted by Gasteiger charge is 2.16. The summed E-state index contributed by atoms with van der Waals surface area (Å²) in [7, 11) is 1.47. The van der Waals surface area contributed by atoms with Gasteiger partial charge in [0.25, 0.3) is 0 Å². The van der Waals surface area contributed by atoms with Crippen LogP contribution in [0.2, 0.25) is 0 Å². The predicted molar refractivity (Wildman–Crippen MR) is 90.3 cm³/mol. The number of aryl methyl sites for hydroxylation is 2. The molecule has 7 nitrogen and oxygen atoms in total. The van der Waals surface area contributed by atoms with Gasteiger partial charge in [-0.2, -0.15) is 0 Å². The molecule has 2 aromatic rings. The molecule has 0 fully saturated rings. The molecule has 0 radical (unpaired) electrons. The fourth-order valence-corrected chi connectivity index (χ4v) is 2.47. The van der Waals surface area contributed by atoms with Gasteiger partial charge in [0.1, 0.15) is 17.3 Å². The molecule has 2 rings (SSSR count). The molecule has 0 saturated carbocycles. The Balaban J connectivity index is 2.13. The third kappa shape index (κ3) is 3.87. The van der Waals surface area contributed by atoms with Crippen molar-refractivity contribution in [2.24, 2.45) is 5.73 Å². The van der Waals surface area contributed by atoms with Gasteiger partial charge in [0.2, 0.25) is 5.91 Å². The minimum Gasteiger partial charge on any atom is -0.495 e. The van der Waals surface area contributed by atoms with E-state index >= 15 is 0 Å². The number of ether oxygens (including phenoxy) is 1. The van der Waals surface area contributed by atoms with Gasteiger partial charge in [-0.15, -0.1) is 0 Å². The van der Waals surface area contributed by atoms with E-state index in [1.165, 1.54) is 19.2 Å². The molecule has 4 N–H and O–H groups in total. The largest absolute Gasteiger partial charge is 0.495 e. The number of benzene rings is 1. The Morgan fingerprint density at radius 1 is 1.25 bits per heavy atom. The van der Waals surface area contributed by atoms with Gasteiger partial charge >= 0.3 is 6.03 Å². The molecule has 3 amide bonds. The summed E-state index contributed by atoms with van der Waals surface area (Å²) in [5.74, 6) is 1.39. The van der Waals surface area contributed by atoms with Crippen molar-refractivity contribution in [2.45, 2.75) is 26.8 Å². The number of nitrogens with one attached hydrogen (secondary N) is 2. The van der Waals surface area contributed by atoms with E-state index in [-0.39, 0.29) is 11.6 Å². The number of carbonyl (C=O) groups excluding carboxylic acids is 2. The lowest BCUT2D eigenvalue weighted by molar-refractivity contribution is 0.1000. The molecule has 0 saturated heterocycles. The van der Waals surface area contributed by atoms with Crippen LogP contribution in [0.5, 0.6) is 5.75 Å². The number of rotatable bonds is 5. The van der Waals surface area contributed by atoms with Crippen molar-refractivity contribution in [3.8, 4) is 5.75 Å². The van der Waals surface area contributed by atoms with Gasteiger partial charge in [-0.3, -0.25) is 4.79 Å². The van der Waals surface area contributed by atoms with Crippen molar-refractivity contribution >= 4 is 17.6 Å². The summed E-state index contributed by atoms with van der Waals surface area (Å²) >= 11 is 0. The standard InChI is InChI=1S/C17H21N3O4/c1-9-7-13(11(3)24-9)10(2)19-17(22)20-14-8-12(16(18)21)5-6-15(14)23-4/h5-8,10H,1-4H3,(H2,18,21)(H2,19,20,22)/t10-/m0/s1. The Morgan fingerprint density at radius 3 is 2.50 bits per heavy atom. The smallest absolute Gasteiger partial charge is 0.319 e. The van der Waals surface area contributed by atoms with Crippen LogP contribution in [-0.4, -0.2) is 19.0 Å². The minimum atomic E-state index is -0.584. The third-order valence-corrected chi connectivity index (χ3v) is 3.63. The molecule has 0 aliphatic heterocycles. The first-order valence-corrected chi connectivity index (χ1v) is 7.44. The Bertz CT molecular complexity index is 767. The lowest BCUT2D eigenvalue weighted by Crippen LogP contribution is -2.31. The molecule has 1 heterocycles. The quantitative estimate of drug-likeness (QED) is 0.783. The normalized spacial score (nSPS) is 11.7. The zero-order valence-corrected chi connectivity index (χ0v) is 14.1. The van der Waals surface area contributed by atoms with Crippen LogP contribution in [0.15, 0.2) is 28.7 Å². The van der Waals surface area contributed by atoms with Crippen molar-refractivity contribution in [3.63, 3.8) is 0 Å². The number of hydrogen-bond acceptors (Lipinski definition) is 4. The average molecular weight is 331 g/mol. The summed E-state index contributed by atoms with van der Waals surface area (Å²) in [5.41, 5.74) is 6.80. The summed E-state index contributed by atoms with van der Waals surface area (Å²) in [4.78, 5) is 23.5. The van der Waals surface area contributed by atoms with Crippen LogP contribution in [-0.2, 0) is 0 Å². The SMILES string of the molecule is COc1ccc(C(N)=O)cc1NC(=O)N[C@@H](C)c1cc(C)oc1C. The maximum atomic E-state index is 12.2. The van der Waals surface area contributed by atoms with Crippen LogP contribution in [0.3, 0.4) is 0 Å². The number of nitrogens with two attached hydrogens (primary N) is 1. The van der Waals surface area contributed by atoms with Crippen molar-refractivity contribution in [1.29, 1.82) is 0 Å². The topological polar surface area (TPSA) is 107 Å². The summed E-state index contributed by atoms with van der Waals surface area (Å²) in [6.07, 6.45) is 0. The van der Waals surface area contributed by atoms with Crippen molar-refractivity contribution in [1.82, 2.24) is 5.32 Å². The Kier molecular flexibility index (Phi) is 5.13. The molecular weight excluding hydrogens is 310 g/mol. The van der Waals surface area contributed by atoms with E-state index in [4.69, 9.17) is 14.9 Å². The monoisotopic (exact) mass is 331 g/mol. The van der Waals surface area contributed by atoms with Crippen LogP contribution >= 0.6 is 0 Å². The maximum absolute atomic E-state index is 12.2. The second-order valence-corrected chi connectivity index (χ2v) is 5.47. The number of methoxy groups -OCH3 is 1. The fourth-order valence-electron chi connectivity index (χ4n) is 2.47. The highest BCUT2D eigenvalue weighted by Crippen LogP contribution is 2.26. The molecular formula is C17H21N3O4. The van der Waals surface area contributed by atoms with Gasteiger partial charge in [0, 0.05) is 11.1 Å². The minimum absolute atomic E-state index is 0.243. The number of anilines is 1. The molecule has 1 aromatic carbocycles. The molecule has 1 atom stereocenters. The van der Waals surface area contributed by atoms with Gasteiger partial charge < -0.3 is 25.5 Å². The number of primary amides is 1. The molecule has 0 aliphatic carbocycles. The van der Waals surface area contributed by atoms with Crippen molar-refractivity contribution in [2.75, 3.05) is 12.4 Å². The molecule has 0 bridgehead atoms. The summed E-state index contributed by atoms with van der Waals surface area (Å²) < 4.78 is 10.7. The molecule has 7 heteroatoms. The first-order chi connectivity index (χ1) is 11.3. The Morgan fingerprint density at radius 2 is 1.96 bits per heavy atom. The number of urea groups is 1. The van der Waals surface area contributed by atoms with E-state index in [1.807, 2.05) is 26.8 Å². The van der Waals surface area contributed by atoms with Crippen LogP contribution in [0.25, 0.3) is 0 Å². The lowest BCUT2D eigenvalue weighted by Gasteiger charge is -2.16. The average Bonchev–Trinajstić information content (AvgIpc) is 2.85. The van der Waals surface area contributed by atoms with Crippen LogP contribution in [0.4, 0.5) is 10.5 Å². The molecule has 128 valence electrons. The van der Waals surface area contributed by atoms with Gasteiger partial charge in [-0.25, -0.2) is 4.79 Å². The second kappa shape index (κ2) is 7.08. The first kappa shape index (κ1) is 17.4. The van der Waals surface area contributed by atoms with Gasteiger partial charge in [0.15, 0.2) is 0 Å². The fraction of sp³-hybridized carbons (Fsp3) is 0.294. The molecule has 0 spiro atoms. The zero-order chi connectivity index (χ0) is 17.9. The Labute approximate surface area is 140 Å². The predicted octanol–water partition coefficient (Wildman–Crippen LogP) is 2.89.